The topological polar surface area (TPSA) is 99.8 Å². The number of likely N-dealkylation sites (tertiary alicyclic amines) is 1. The molecule has 0 spiro atoms. The molecule has 1 aromatic rings. The zero-order chi connectivity index (χ0) is 14.9. The maximum Gasteiger partial charge on any atom is 0.371 e. The predicted molar refractivity (Wildman–Crippen MR) is 68.4 cm³/mol. The number of carboxylic acid groups (broad SMARTS) is 1. The van der Waals surface area contributed by atoms with Crippen LogP contribution in [0.2, 0.25) is 0 Å². The summed E-state index contributed by atoms with van der Waals surface area (Å²) in [7, 11) is 0. The van der Waals surface area contributed by atoms with Crippen molar-refractivity contribution < 1.29 is 23.9 Å². The van der Waals surface area contributed by atoms with Gasteiger partial charge < -0.3 is 19.7 Å². The van der Waals surface area contributed by atoms with Gasteiger partial charge in [-0.15, -0.1) is 0 Å². The molecule has 0 aliphatic carbocycles. The third-order valence-electron chi connectivity index (χ3n) is 3.21. The van der Waals surface area contributed by atoms with Crippen molar-refractivity contribution >= 4 is 17.8 Å². The average Bonchev–Trinajstić information content (AvgIpc) is 2.97. The summed E-state index contributed by atoms with van der Waals surface area (Å²) in [6.45, 7) is 4.42. The van der Waals surface area contributed by atoms with Gasteiger partial charge in [-0.25, -0.2) is 4.79 Å². The summed E-state index contributed by atoms with van der Waals surface area (Å²) in [5, 5.41) is 11.3. The van der Waals surface area contributed by atoms with E-state index in [1.165, 1.54) is 12.1 Å². The second-order valence-corrected chi connectivity index (χ2v) is 4.91. The molecule has 2 amide bonds. The number of carboxylic acids is 1. The van der Waals surface area contributed by atoms with Crippen LogP contribution < -0.4 is 5.32 Å². The van der Waals surface area contributed by atoms with Gasteiger partial charge in [-0.3, -0.25) is 9.59 Å². The Labute approximate surface area is 115 Å². The lowest BCUT2D eigenvalue weighted by atomic mass is 10.2. The zero-order valence-electron chi connectivity index (χ0n) is 11.3. The molecule has 0 bridgehead atoms. The maximum atomic E-state index is 12.0. The molecule has 2 heterocycles. The Kier molecular flexibility index (Phi) is 3.78. The van der Waals surface area contributed by atoms with E-state index in [9.17, 15) is 14.4 Å². The highest BCUT2D eigenvalue weighted by molar-refractivity contribution is 5.97. The van der Waals surface area contributed by atoms with E-state index < -0.39 is 17.9 Å². The minimum Gasteiger partial charge on any atom is -0.475 e. The molecule has 2 N–H and O–H groups in total. The molecule has 2 rings (SSSR count). The Balaban J connectivity index is 2.01. The maximum absolute atomic E-state index is 12.0. The standard InChI is InChI=1S/C13H16N2O5/c1-7(2)15-6-5-8(12(15)17)14-11(16)9-3-4-10(20-9)13(18)19/h3-4,7-8H,5-6H2,1-2H3,(H,14,16)(H,18,19)/t8-/m0/s1. The lowest BCUT2D eigenvalue weighted by molar-refractivity contribution is -0.130. The lowest BCUT2D eigenvalue weighted by Gasteiger charge is -2.20. The van der Waals surface area contributed by atoms with Crippen LogP contribution in [0.15, 0.2) is 16.5 Å². The van der Waals surface area contributed by atoms with E-state index >= 15 is 0 Å². The van der Waals surface area contributed by atoms with Crippen molar-refractivity contribution in [3.05, 3.63) is 23.7 Å². The highest BCUT2D eigenvalue weighted by Crippen LogP contribution is 2.15. The Morgan fingerprint density at radius 2 is 2.05 bits per heavy atom. The highest BCUT2D eigenvalue weighted by Gasteiger charge is 2.34. The van der Waals surface area contributed by atoms with Gasteiger partial charge in [0.1, 0.15) is 6.04 Å². The van der Waals surface area contributed by atoms with Crippen molar-refractivity contribution in [3.63, 3.8) is 0 Å². The molecule has 0 saturated carbocycles. The van der Waals surface area contributed by atoms with Crippen molar-refractivity contribution in [1.29, 1.82) is 0 Å². The molecule has 108 valence electrons. The van der Waals surface area contributed by atoms with Gasteiger partial charge in [0, 0.05) is 12.6 Å². The highest BCUT2D eigenvalue weighted by atomic mass is 16.4. The Hall–Kier alpha value is -2.31. The summed E-state index contributed by atoms with van der Waals surface area (Å²) in [4.78, 5) is 36.3. The molecule has 0 radical (unpaired) electrons. The van der Waals surface area contributed by atoms with Gasteiger partial charge in [0.25, 0.3) is 5.91 Å². The monoisotopic (exact) mass is 280 g/mol. The molecule has 7 nitrogen and oxygen atoms in total. The summed E-state index contributed by atoms with van der Waals surface area (Å²) < 4.78 is 4.89. The van der Waals surface area contributed by atoms with E-state index in [1.54, 1.807) is 4.90 Å². The van der Waals surface area contributed by atoms with Gasteiger partial charge in [-0.2, -0.15) is 0 Å². The van der Waals surface area contributed by atoms with Gasteiger partial charge >= 0.3 is 5.97 Å². The van der Waals surface area contributed by atoms with Crippen molar-refractivity contribution in [1.82, 2.24) is 10.2 Å². The molecule has 1 aromatic heterocycles. The summed E-state index contributed by atoms with van der Waals surface area (Å²) in [5.41, 5.74) is 0. The molecule has 7 heteroatoms. The zero-order valence-corrected chi connectivity index (χ0v) is 11.3. The fourth-order valence-corrected chi connectivity index (χ4v) is 2.15. The molecular formula is C13H16N2O5. The minimum absolute atomic E-state index is 0.0895. The normalized spacial score (nSPS) is 18.6. The van der Waals surface area contributed by atoms with Gasteiger partial charge in [-0.1, -0.05) is 0 Å². The van der Waals surface area contributed by atoms with Crippen molar-refractivity contribution in [2.75, 3.05) is 6.54 Å². The number of carbonyl (C=O) groups excluding carboxylic acids is 2. The fourth-order valence-electron chi connectivity index (χ4n) is 2.15. The molecule has 0 unspecified atom stereocenters. The number of carbonyl (C=O) groups is 3. The number of hydrogen-bond acceptors (Lipinski definition) is 4. The van der Waals surface area contributed by atoms with E-state index in [2.05, 4.69) is 5.32 Å². The molecular weight excluding hydrogens is 264 g/mol. The second-order valence-electron chi connectivity index (χ2n) is 4.91. The van der Waals surface area contributed by atoms with Crippen LogP contribution in [0.5, 0.6) is 0 Å². The summed E-state index contributed by atoms with van der Waals surface area (Å²) >= 11 is 0. The van der Waals surface area contributed by atoms with E-state index in [0.29, 0.717) is 13.0 Å². The van der Waals surface area contributed by atoms with E-state index in [-0.39, 0.29) is 23.5 Å². The first-order chi connectivity index (χ1) is 9.40. The van der Waals surface area contributed by atoms with E-state index in [4.69, 9.17) is 9.52 Å². The third kappa shape index (κ3) is 2.66. The molecule has 20 heavy (non-hydrogen) atoms. The molecule has 1 aliphatic heterocycles. The first-order valence-corrected chi connectivity index (χ1v) is 6.34. The van der Waals surface area contributed by atoms with Gasteiger partial charge in [0.2, 0.25) is 11.7 Å². The fraction of sp³-hybridized carbons (Fsp3) is 0.462. The summed E-state index contributed by atoms with van der Waals surface area (Å²) in [5.74, 6) is -2.37. The SMILES string of the molecule is CC(C)N1CC[C@H](NC(=O)c2ccc(C(=O)O)o2)C1=O. The molecule has 1 atom stereocenters. The van der Waals surface area contributed by atoms with Crippen LogP contribution in [0.4, 0.5) is 0 Å². The minimum atomic E-state index is -1.24. The number of hydrogen-bond donors (Lipinski definition) is 2. The molecule has 1 saturated heterocycles. The van der Waals surface area contributed by atoms with Crippen LogP contribution in [0, 0.1) is 0 Å². The quantitative estimate of drug-likeness (QED) is 0.846. The molecule has 0 aromatic carbocycles. The van der Waals surface area contributed by atoms with Crippen molar-refractivity contribution in [3.8, 4) is 0 Å². The summed E-state index contributed by atoms with van der Waals surface area (Å²) in [6, 6.07) is 1.99. The average molecular weight is 280 g/mol. The van der Waals surface area contributed by atoms with Crippen molar-refractivity contribution in [2.45, 2.75) is 32.4 Å². The van der Waals surface area contributed by atoms with E-state index in [0.717, 1.165) is 0 Å². The van der Waals surface area contributed by atoms with Gasteiger partial charge in [0.05, 0.1) is 0 Å². The Bertz CT molecular complexity index is 549. The number of furan rings is 1. The van der Waals surface area contributed by atoms with E-state index in [1.807, 2.05) is 13.8 Å². The number of rotatable bonds is 4. The molecule has 1 fully saturated rings. The first-order valence-electron chi connectivity index (χ1n) is 6.34. The Morgan fingerprint density at radius 3 is 2.55 bits per heavy atom. The van der Waals surface area contributed by atoms with Crippen molar-refractivity contribution in [2.24, 2.45) is 0 Å². The largest absolute Gasteiger partial charge is 0.475 e. The number of amides is 2. The lowest BCUT2D eigenvalue weighted by Crippen LogP contribution is -2.43. The first kappa shape index (κ1) is 14.1. The van der Waals surface area contributed by atoms with Crippen LogP contribution in [0.3, 0.4) is 0 Å². The van der Waals surface area contributed by atoms with Crippen LogP contribution >= 0.6 is 0 Å². The Morgan fingerprint density at radius 1 is 1.40 bits per heavy atom. The van der Waals surface area contributed by atoms with Crippen LogP contribution in [-0.4, -0.2) is 46.4 Å². The van der Waals surface area contributed by atoms with Crippen LogP contribution in [0.25, 0.3) is 0 Å². The summed E-state index contributed by atoms with van der Waals surface area (Å²) in [6.07, 6.45) is 0.537. The van der Waals surface area contributed by atoms with Crippen LogP contribution in [-0.2, 0) is 4.79 Å². The van der Waals surface area contributed by atoms with Crippen LogP contribution in [0.1, 0.15) is 41.4 Å². The smallest absolute Gasteiger partial charge is 0.371 e. The second kappa shape index (κ2) is 5.36. The molecule has 1 aliphatic rings. The number of aromatic carboxylic acids is 1. The number of nitrogens with zero attached hydrogens (tertiary/aromatic N) is 1. The third-order valence-corrected chi connectivity index (χ3v) is 3.21. The predicted octanol–water partition coefficient (Wildman–Crippen LogP) is 0.717. The van der Waals surface area contributed by atoms with Gasteiger partial charge in [0.15, 0.2) is 5.76 Å². The number of nitrogens with one attached hydrogen (secondary N) is 1. The van der Waals surface area contributed by atoms with Gasteiger partial charge in [-0.05, 0) is 32.4 Å².